The minimum absolute atomic E-state index is 0.0373. The van der Waals surface area contributed by atoms with Crippen LogP contribution in [0, 0.1) is 0 Å². The van der Waals surface area contributed by atoms with Gasteiger partial charge in [0, 0.05) is 25.1 Å². The molecule has 0 aromatic heterocycles. The number of likely N-dealkylation sites (tertiary alicyclic amines) is 1. The van der Waals surface area contributed by atoms with Crippen LogP contribution in [0.5, 0.6) is 11.5 Å². The predicted molar refractivity (Wildman–Crippen MR) is 87.5 cm³/mol. The third kappa shape index (κ3) is 3.97. The van der Waals surface area contributed by atoms with Crippen molar-refractivity contribution in [2.45, 2.75) is 37.1 Å². The van der Waals surface area contributed by atoms with Crippen LogP contribution in [0.1, 0.15) is 26.2 Å². The number of fused-ring (bicyclic) bond motifs is 1. The Balaban J connectivity index is 1.75. The van der Waals surface area contributed by atoms with E-state index in [1.54, 1.807) is 18.2 Å². The average molecular weight is 340 g/mol. The third-order valence-corrected chi connectivity index (χ3v) is 5.82. The molecule has 0 unspecified atom stereocenters. The Bertz CT molecular complexity index is 647. The minimum atomic E-state index is -3.55. The highest BCUT2D eigenvalue weighted by Crippen LogP contribution is 2.32. The summed E-state index contributed by atoms with van der Waals surface area (Å²) < 4.78 is 39.2. The monoisotopic (exact) mass is 340 g/mol. The summed E-state index contributed by atoms with van der Waals surface area (Å²) in [7, 11) is -3.55. The van der Waals surface area contributed by atoms with Crippen molar-refractivity contribution >= 4 is 10.0 Å². The molecule has 1 saturated heterocycles. The molecule has 0 spiro atoms. The van der Waals surface area contributed by atoms with Crippen molar-refractivity contribution in [2.75, 3.05) is 32.8 Å². The van der Waals surface area contributed by atoms with Crippen LogP contribution in [0.15, 0.2) is 23.1 Å². The molecule has 1 fully saturated rings. The summed E-state index contributed by atoms with van der Waals surface area (Å²) in [5.41, 5.74) is 0. The van der Waals surface area contributed by atoms with E-state index in [1.165, 1.54) is 0 Å². The van der Waals surface area contributed by atoms with E-state index in [9.17, 15) is 8.42 Å². The van der Waals surface area contributed by atoms with E-state index in [1.807, 2.05) is 0 Å². The lowest BCUT2D eigenvalue weighted by Gasteiger charge is -2.32. The topological polar surface area (TPSA) is 67.9 Å². The van der Waals surface area contributed by atoms with Gasteiger partial charge < -0.3 is 14.4 Å². The molecule has 1 N–H and O–H groups in total. The maximum atomic E-state index is 12.6. The Morgan fingerprint density at radius 1 is 1.22 bits per heavy atom. The molecule has 3 rings (SSSR count). The van der Waals surface area contributed by atoms with E-state index in [2.05, 4.69) is 16.5 Å². The maximum Gasteiger partial charge on any atom is 0.241 e. The van der Waals surface area contributed by atoms with Crippen LogP contribution in [0.25, 0.3) is 0 Å². The van der Waals surface area contributed by atoms with Crippen LogP contribution < -0.4 is 14.2 Å². The normalized spacial score (nSPS) is 22.6. The Morgan fingerprint density at radius 2 is 2.00 bits per heavy atom. The van der Waals surface area contributed by atoms with E-state index in [-0.39, 0.29) is 10.9 Å². The number of nitrogens with zero attached hydrogens (tertiary/aromatic N) is 1. The van der Waals surface area contributed by atoms with E-state index < -0.39 is 10.0 Å². The van der Waals surface area contributed by atoms with Crippen molar-refractivity contribution in [2.24, 2.45) is 0 Å². The largest absolute Gasteiger partial charge is 0.490 e. The van der Waals surface area contributed by atoms with Crippen molar-refractivity contribution in [1.82, 2.24) is 9.62 Å². The first-order valence-electron chi connectivity index (χ1n) is 8.23. The third-order valence-electron chi connectivity index (χ3n) is 4.30. The second-order valence-electron chi connectivity index (χ2n) is 6.01. The van der Waals surface area contributed by atoms with Crippen molar-refractivity contribution in [3.05, 3.63) is 18.2 Å². The SMILES string of the molecule is CCN1CCC[C@H](NS(=O)(=O)c2ccc3c(c2)OCCCO3)C1. The van der Waals surface area contributed by atoms with E-state index in [0.717, 1.165) is 38.9 Å². The van der Waals surface area contributed by atoms with Crippen molar-refractivity contribution in [1.29, 1.82) is 0 Å². The van der Waals surface area contributed by atoms with Gasteiger partial charge in [-0.2, -0.15) is 0 Å². The second kappa shape index (κ2) is 7.07. The zero-order chi connectivity index (χ0) is 16.3. The van der Waals surface area contributed by atoms with Crippen LogP contribution in [-0.2, 0) is 10.0 Å². The standard InChI is InChI=1S/C16H24N2O4S/c1-2-18-8-3-5-13(12-18)17-23(19,20)14-6-7-15-16(11-14)22-10-4-9-21-15/h6-7,11,13,17H,2-5,8-10,12H2,1H3/t13-/m0/s1. The smallest absolute Gasteiger partial charge is 0.241 e. The van der Waals surface area contributed by atoms with Gasteiger partial charge in [0.05, 0.1) is 18.1 Å². The Hall–Kier alpha value is -1.31. The van der Waals surface area contributed by atoms with E-state index in [0.29, 0.717) is 24.7 Å². The zero-order valence-electron chi connectivity index (χ0n) is 13.5. The lowest BCUT2D eigenvalue weighted by molar-refractivity contribution is 0.211. The quantitative estimate of drug-likeness (QED) is 0.902. The Labute approximate surface area is 137 Å². The van der Waals surface area contributed by atoms with Gasteiger partial charge in [-0.1, -0.05) is 6.92 Å². The molecular weight excluding hydrogens is 316 g/mol. The summed E-state index contributed by atoms with van der Waals surface area (Å²) >= 11 is 0. The van der Waals surface area contributed by atoms with Gasteiger partial charge in [0.1, 0.15) is 0 Å². The number of benzene rings is 1. The fourth-order valence-electron chi connectivity index (χ4n) is 3.04. The molecule has 0 bridgehead atoms. The van der Waals surface area contributed by atoms with Gasteiger partial charge in [0.25, 0.3) is 0 Å². The fraction of sp³-hybridized carbons (Fsp3) is 0.625. The van der Waals surface area contributed by atoms with Crippen LogP contribution in [0.2, 0.25) is 0 Å². The Morgan fingerprint density at radius 3 is 2.78 bits per heavy atom. The molecule has 128 valence electrons. The summed E-state index contributed by atoms with van der Waals surface area (Å²) in [6.07, 6.45) is 2.69. The molecule has 2 aliphatic rings. The summed E-state index contributed by atoms with van der Waals surface area (Å²) in [5.74, 6) is 1.11. The van der Waals surface area contributed by atoms with Gasteiger partial charge in [-0.3, -0.25) is 0 Å². The van der Waals surface area contributed by atoms with Gasteiger partial charge in [0.15, 0.2) is 11.5 Å². The highest BCUT2D eigenvalue weighted by Gasteiger charge is 2.25. The first kappa shape index (κ1) is 16.5. The maximum absolute atomic E-state index is 12.6. The van der Waals surface area contributed by atoms with Gasteiger partial charge in [-0.05, 0) is 38.1 Å². The predicted octanol–water partition coefficient (Wildman–Crippen LogP) is 1.61. The van der Waals surface area contributed by atoms with Crippen LogP contribution >= 0.6 is 0 Å². The molecule has 1 atom stereocenters. The van der Waals surface area contributed by atoms with E-state index >= 15 is 0 Å². The first-order chi connectivity index (χ1) is 11.1. The number of ether oxygens (including phenoxy) is 2. The zero-order valence-corrected chi connectivity index (χ0v) is 14.3. The molecule has 0 radical (unpaired) electrons. The molecule has 7 heteroatoms. The van der Waals surface area contributed by atoms with Crippen LogP contribution in [0.4, 0.5) is 0 Å². The highest BCUT2D eigenvalue weighted by molar-refractivity contribution is 7.89. The number of rotatable bonds is 4. The van der Waals surface area contributed by atoms with Gasteiger partial charge in [-0.25, -0.2) is 13.1 Å². The van der Waals surface area contributed by atoms with Gasteiger partial charge in [-0.15, -0.1) is 0 Å². The highest BCUT2D eigenvalue weighted by atomic mass is 32.2. The van der Waals surface area contributed by atoms with Crippen molar-refractivity contribution in [3.8, 4) is 11.5 Å². The molecule has 23 heavy (non-hydrogen) atoms. The fourth-order valence-corrected chi connectivity index (χ4v) is 4.31. The molecule has 2 heterocycles. The molecular formula is C16H24N2O4S. The second-order valence-corrected chi connectivity index (χ2v) is 7.73. The Kier molecular flexibility index (Phi) is 5.08. The van der Waals surface area contributed by atoms with Gasteiger partial charge >= 0.3 is 0 Å². The van der Waals surface area contributed by atoms with Crippen LogP contribution in [0.3, 0.4) is 0 Å². The number of likely N-dealkylation sites (N-methyl/N-ethyl adjacent to an activating group) is 1. The molecule has 0 aliphatic carbocycles. The van der Waals surface area contributed by atoms with Crippen LogP contribution in [-0.4, -0.2) is 52.2 Å². The summed E-state index contributed by atoms with van der Waals surface area (Å²) in [4.78, 5) is 2.50. The number of piperidine rings is 1. The summed E-state index contributed by atoms with van der Waals surface area (Å²) in [6.45, 7) is 5.98. The van der Waals surface area contributed by atoms with Gasteiger partial charge in [0.2, 0.25) is 10.0 Å². The number of nitrogens with one attached hydrogen (secondary N) is 1. The number of hydrogen-bond acceptors (Lipinski definition) is 5. The summed E-state index contributed by atoms with van der Waals surface area (Å²) in [5, 5.41) is 0. The molecule has 2 aliphatic heterocycles. The van der Waals surface area contributed by atoms with E-state index in [4.69, 9.17) is 9.47 Å². The number of sulfonamides is 1. The first-order valence-corrected chi connectivity index (χ1v) is 9.71. The molecule has 0 saturated carbocycles. The average Bonchev–Trinajstić information content (AvgIpc) is 2.79. The molecule has 1 aromatic carbocycles. The lowest BCUT2D eigenvalue weighted by atomic mass is 10.1. The summed E-state index contributed by atoms with van der Waals surface area (Å²) in [6, 6.07) is 4.78. The van der Waals surface area contributed by atoms with Crippen molar-refractivity contribution < 1.29 is 17.9 Å². The molecule has 1 aromatic rings. The lowest BCUT2D eigenvalue weighted by Crippen LogP contribution is -2.47. The van der Waals surface area contributed by atoms with Crippen molar-refractivity contribution in [3.63, 3.8) is 0 Å². The molecule has 0 amide bonds. The molecule has 6 nitrogen and oxygen atoms in total. The number of hydrogen-bond donors (Lipinski definition) is 1. The minimum Gasteiger partial charge on any atom is -0.490 e.